The second-order valence-corrected chi connectivity index (χ2v) is 5.56. The van der Waals surface area contributed by atoms with Crippen LogP contribution in [0.1, 0.15) is 43.4 Å². The molecule has 2 fully saturated rings. The number of carbonyl (C=O) groups excluding carboxylic acids is 1. The second-order valence-electron chi connectivity index (χ2n) is 5.56. The van der Waals surface area contributed by atoms with Gasteiger partial charge in [-0.1, -0.05) is 5.16 Å². The van der Waals surface area contributed by atoms with Crippen molar-refractivity contribution in [1.29, 1.82) is 0 Å². The average molecular weight is 295 g/mol. The Hall–Kier alpha value is -1.47. The van der Waals surface area contributed by atoms with Crippen molar-refractivity contribution in [1.82, 2.24) is 15.0 Å². The molecular formula is C14H21N3O4. The van der Waals surface area contributed by atoms with Gasteiger partial charge in [-0.15, -0.1) is 0 Å². The molecule has 1 saturated carbocycles. The van der Waals surface area contributed by atoms with E-state index in [1.54, 1.807) is 7.11 Å². The lowest BCUT2D eigenvalue weighted by molar-refractivity contribution is -0.133. The minimum atomic E-state index is -0.0328. The quantitative estimate of drug-likeness (QED) is 0.706. The topological polar surface area (TPSA) is 77.7 Å². The van der Waals surface area contributed by atoms with Gasteiger partial charge in [0.05, 0.1) is 19.3 Å². The zero-order chi connectivity index (χ0) is 14.7. The molecule has 1 saturated heterocycles. The molecule has 2 heterocycles. The molecule has 0 N–H and O–H groups in total. The Bertz CT molecular complexity index is 486. The van der Waals surface area contributed by atoms with Gasteiger partial charge in [0.25, 0.3) is 5.89 Å². The van der Waals surface area contributed by atoms with Crippen LogP contribution in [0.3, 0.4) is 0 Å². The van der Waals surface area contributed by atoms with Crippen molar-refractivity contribution < 1.29 is 18.8 Å². The van der Waals surface area contributed by atoms with Crippen molar-refractivity contribution in [2.45, 2.75) is 38.3 Å². The Morgan fingerprint density at radius 2 is 2.24 bits per heavy atom. The molecule has 1 aromatic heterocycles. The van der Waals surface area contributed by atoms with Crippen LogP contribution >= 0.6 is 0 Å². The summed E-state index contributed by atoms with van der Waals surface area (Å²) in [5.74, 6) is 1.54. The SMILES string of the molecule is COCCOCc1nc(C2CCCN2C(=O)C2CC2)no1. The first-order valence-corrected chi connectivity index (χ1v) is 7.49. The number of likely N-dealkylation sites (tertiary alicyclic amines) is 1. The first-order chi connectivity index (χ1) is 10.3. The summed E-state index contributed by atoms with van der Waals surface area (Å²) in [6.07, 6.45) is 3.94. The molecule has 2 aliphatic rings. The minimum absolute atomic E-state index is 0.0328. The molecule has 1 aliphatic carbocycles. The number of hydrogen-bond donors (Lipinski definition) is 0. The van der Waals surface area contributed by atoms with Gasteiger partial charge in [0.15, 0.2) is 5.82 Å². The van der Waals surface area contributed by atoms with Gasteiger partial charge in [-0.3, -0.25) is 4.79 Å². The molecule has 21 heavy (non-hydrogen) atoms. The Balaban J connectivity index is 1.58. The third-order valence-corrected chi connectivity index (χ3v) is 3.90. The summed E-state index contributed by atoms with van der Waals surface area (Å²) in [6.45, 7) is 2.10. The highest BCUT2D eigenvalue weighted by Crippen LogP contribution is 2.37. The van der Waals surface area contributed by atoms with E-state index in [1.165, 1.54) is 0 Å². The van der Waals surface area contributed by atoms with E-state index in [0.29, 0.717) is 24.9 Å². The molecule has 3 rings (SSSR count). The van der Waals surface area contributed by atoms with Crippen LogP contribution in [-0.4, -0.2) is 47.8 Å². The maximum atomic E-state index is 12.2. The number of rotatable bonds is 7. The van der Waals surface area contributed by atoms with Crippen molar-refractivity contribution >= 4 is 5.91 Å². The Morgan fingerprint density at radius 1 is 1.38 bits per heavy atom. The minimum Gasteiger partial charge on any atom is -0.382 e. The molecule has 7 nitrogen and oxygen atoms in total. The van der Waals surface area contributed by atoms with Crippen molar-refractivity contribution in [2.75, 3.05) is 26.9 Å². The first-order valence-electron chi connectivity index (χ1n) is 7.49. The molecule has 1 unspecified atom stereocenters. The van der Waals surface area contributed by atoms with Gasteiger partial charge < -0.3 is 18.9 Å². The Kier molecular flexibility index (Phi) is 4.50. The van der Waals surface area contributed by atoms with Gasteiger partial charge in [-0.25, -0.2) is 0 Å². The lowest BCUT2D eigenvalue weighted by Gasteiger charge is -2.21. The third kappa shape index (κ3) is 3.41. The highest BCUT2D eigenvalue weighted by Gasteiger charge is 2.40. The van der Waals surface area contributed by atoms with Crippen LogP contribution in [0.15, 0.2) is 4.52 Å². The average Bonchev–Trinajstić information content (AvgIpc) is 3.04. The number of hydrogen-bond acceptors (Lipinski definition) is 6. The molecule has 116 valence electrons. The van der Waals surface area contributed by atoms with Crippen molar-refractivity contribution in [3.8, 4) is 0 Å². The lowest BCUT2D eigenvalue weighted by atomic mass is 10.2. The molecule has 7 heteroatoms. The molecule has 1 aromatic rings. The largest absolute Gasteiger partial charge is 0.382 e. The standard InChI is InChI=1S/C14H21N3O4/c1-19-7-8-20-9-12-15-13(16-21-12)11-3-2-6-17(11)14(18)10-4-5-10/h10-11H,2-9H2,1H3. The van der Waals surface area contributed by atoms with Gasteiger partial charge >= 0.3 is 0 Å². The molecular weight excluding hydrogens is 274 g/mol. The summed E-state index contributed by atoms with van der Waals surface area (Å²) >= 11 is 0. The van der Waals surface area contributed by atoms with Crippen molar-refractivity contribution in [3.05, 3.63) is 11.7 Å². The predicted octanol–water partition coefficient (Wildman–Crippen LogP) is 1.31. The molecule has 0 bridgehead atoms. The van der Waals surface area contributed by atoms with E-state index in [0.717, 1.165) is 32.2 Å². The van der Waals surface area contributed by atoms with Crippen molar-refractivity contribution in [2.24, 2.45) is 5.92 Å². The smallest absolute Gasteiger partial charge is 0.252 e. The highest BCUT2D eigenvalue weighted by atomic mass is 16.5. The molecule has 0 radical (unpaired) electrons. The summed E-state index contributed by atoms with van der Waals surface area (Å²) in [7, 11) is 1.62. The number of ether oxygens (including phenoxy) is 2. The number of nitrogens with zero attached hydrogens (tertiary/aromatic N) is 3. The van der Waals surface area contributed by atoms with E-state index in [1.807, 2.05) is 4.90 Å². The zero-order valence-corrected chi connectivity index (χ0v) is 12.3. The zero-order valence-electron chi connectivity index (χ0n) is 12.3. The molecule has 0 spiro atoms. The van der Waals surface area contributed by atoms with Gasteiger partial charge in [0.1, 0.15) is 6.61 Å². The molecule has 0 aromatic carbocycles. The van der Waals surface area contributed by atoms with Gasteiger partial charge in [0, 0.05) is 19.6 Å². The lowest BCUT2D eigenvalue weighted by Crippen LogP contribution is -2.32. The summed E-state index contributed by atoms with van der Waals surface area (Å²) in [5.41, 5.74) is 0. The monoisotopic (exact) mass is 295 g/mol. The normalized spacial score (nSPS) is 22.0. The fourth-order valence-corrected chi connectivity index (χ4v) is 2.63. The number of carbonyl (C=O) groups is 1. The molecule has 1 atom stereocenters. The van der Waals surface area contributed by atoms with Gasteiger partial charge in [-0.05, 0) is 25.7 Å². The maximum absolute atomic E-state index is 12.2. The van der Waals surface area contributed by atoms with E-state index in [2.05, 4.69) is 10.1 Å². The summed E-state index contributed by atoms with van der Waals surface area (Å²) in [6, 6.07) is -0.0328. The van der Waals surface area contributed by atoms with Crippen LogP contribution in [0.4, 0.5) is 0 Å². The van der Waals surface area contributed by atoms with Crippen LogP contribution in [0.25, 0.3) is 0 Å². The van der Waals surface area contributed by atoms with Crippen molar-refractivity contribution in [3.63, 3.8) is 0 Å². The molecule has 1 aliphatic heterocycles. The third-order valence-electron chi connectivity index (χ3n) is 3.90. The summed E-state index contributed by atoms with van der Waals surface area (Å²) in [4.78, 5) is 18.5. The van der Waals surface area contributed by atoms with E-state index in [9.17, 15) is 4.79 Å². The van der Waals surface area contributed by atoms with E-state index in [-0.39, 0.29) is 24.5 Å². The molecule has 1 amide bonds. The predicted molar refractivity (Wildman–Crippen MR) is 72.2 cm³/mol. The Morgan fingerprint density at radius 3 is 3.00 bits per heavy atom. The van der Waals surface area contributed by atoms with Gasteiger partial charge in [-0.2, -0.15) is 4.98 Å². The van der Waals surface area contributed by atoms with Crippen LogP contribution in [0.2, 0.25) is 0 Å². The first kappa shape index (κ1) is 14.5. The van der Waals surface area contributed by atoms with Gasteiger partial charge in [0.2, 0.25) is 5.91 Å². The van der Waals surface area contributed by atoms with E-state index in [4.69, 9.17) is 14.0 Å². The second kappa shape index (κ2) is 6.53. The maximum Gasteiger partial charge on any atom is 0.252 e. The van der Waals surface area contributed by atoms with Crippen LogP contribution in [0.5, 0.6) is 0 Å². The number of methoxy groups -OCH3 is 1. The number of aromatic nitrogens is 2. The fourth-order valence-electron chi connectivity index (χ4n) is 2.63. The Labute approximate surface area is 123 Å². The van der Waals surface area contributed by atoms with Crippen LogP contribution in [0, 0.1) is 5.92 Å². The summed E-state index contributed by atoms with van der Waals surface area (Å²) in [5, 5.41) is 4.02. The van der Waals surface area contributed by atoms with Crippen LogP contribution < -0.4 is 0 Å². The van der Waals surface area contributed by atoms with E-state index >= 15 is 0 Å². The number of amides is 1. The fraction of sp³-hybridized carbons (Fsp3) is 0.786. The highest BCUT2D eigenvalue weighted by molar-refractivity contribution is 5.81. The van der Waals surface area contributed by atoms with Crippen LogP contribution in [-0.2, 0) is 20.9 Å². The summed E-state index contributed by atoms with van der Waals surface area (Å²) < 4.78 is 15.5. The van der Waals surface area contributed by atoms with E-state index < -0.39 is 0 Å².